The lowest BCUT2D eigenvalue weighted by Crippen LogP contribution is -2.34. The Labute approximate surface area is 104 Å². The number of aliphatic hydroxyl groups is 1. The molecule has 1 fully saturated rings. The van der Waals surface area contributed by atoms with Crippen molar-refractivity contribution >= 4 is 5.97 Å². The minimum Gasteiger partial charge on any atom is -0.456 e. The molecule has 1 aliphatic rings. The van der Waals surface area contributed by atoms with Crippen LogP contribution in [0.2, 0.25) is 0 Å². The van der Waals surface area contributed by atoms with Crippen LogP contribution in [0.1, 0.15) is 58.3 Å². The summed E-state index contributed by atoms with van der Waals surface area (Å²) in [6, 6.07) is 0. The summed E-state index contributed by atoms with van der Waals surface area (Å²) in [6.45, 7) is 5.89. The molecule has 1 saturated carbocycles. The summed E-state index contributed by atoms with van der Waals surface area (Å²) in [5.41, 5.74) is 0.538. The average Bonchev–Trinajstić information content (AvgIpc) is 2.32. The number of carbonyl (C=O) groups is 1. The van der Waals surface area contributed by atoms with E-state index in [0.29, 0.717) is 12.0 Å². The van der Waals surface area contributed by atoms with E-state index in [0.717, 1.165) is 44.9 Å². The first kappa shape index (κ1) is 14.2. The Balaban J connectivity index is 2.29. The van der Waals surface area contributed by atoms with Crippen molar-refractivity contribution in [2.75, 3.05) is 0 Å². The van der Waals surface area contributed by atoms with Gasteiger partial charge in [0.15, 0.2) is 0 Å². The summed E-state index contributed by atoms with van der Waals surface area (Å²) in [4.78, 5) is 11.7. The number of unbranched alkanes of at least 4 members (excludes halogenated alkanes) is 2. The third-order valence-electron chi connectivity index (χ3n) is 3.30. The Morgan fingerprint density at radius 1 is 1.35 bits per heavy atom. The number of ether oxygens (including phenoxy) is 1. The van der Waals surface area contributed by atoms with E-state index in [1.165, 1.54) is 0 Å². The van der Waals surface area contributed by atoms with Crippen molar-refractivity contribution in [3.05, 3.63) is 12.2 Å². The normalized spacial score (nSPS) is 24.4. The van der Waals surface area contributed by atoms with Crippen LogP contribution in [0.25, 0.3) is 0 Å². The van der Waals surface area contributed by atoms with E-state index >= 15 is 0 Å². The summed E-state index contributed by atoms with van der Waals surface area (Å²) >= 11 is 0. The maximum atomic E-state index is 11.7. The van der Waals surface area contributed by atoms with Crippen molar-refractivity contribution in [3.63, 3.8) is 0 Å². The van der Waals surface area contributed by atoms with E-state index in [-0.39, 0.29) is 12.1 Å². The fraction of sp³-hybridized carbons (Fsp3) is 0.786. The van der Waals surface area contributed by atoms with Crippen molar-refractivity contribution in [2.24, 2.45) is 0 Å². The lowest BCUT2D eigenvalue weighted by Gasteiger charge is -2.27. The van der Waals surface area contributed by atoms with Crippen molar-refractivity contribution in [1.29, 1.82) is 0 Å². The molecule has 0 saturated heterocycles. The van der Waals surface area contributed by atoms with Gasteiger partial charge in [-0.2, -0.15) is 0 Å². The highest BCUT2D eigenvalue weighted by Crippen LogP contribution is 2.22. The maximum absolute atomic E-state index is 11.7. The molecule has 0 aromatic carbocycles. The van der Waals surface area contributed by atoms with Crippen LogP contribution in [0.4, 0.5) is 0 Å². The molecule has 0 spiro atoms. The molecule has 1 rings (SSSR count). The largest absolute Gasteiger partial charge is 0.456 e. The van der Waals surface area contributed by atoms with Crippen LogP contribution in [0.3, 0.4) is 0 Å². The van der Waals surface area contributed by atoms with Crippen LogP contribution >= 0.6 is 0 Å². The molecule has 3 nitrogen and oxygen atoms in total. The standard InChI is InChI=1S/C14H24O3/c1-3-4-5-8-11(2)14(16)17-13-10-7-6-9-12(13)15/h12-13,15H,2-10H2,1H3. The second-order valence-electron chi connectivity index (χ2n) is 4.86. The van der Waals surface area contributed by atoms with Crippen LogP contribution < -0.4 is 0 Å². The molecule has 0 radical (unpaired) electrons. The van der Waals surface area contributed by atoms with Crippen LogP contribution in [0, 0.1) is 0 Å². The molecular weight excluding hydrogens is 216 g/mol. The Morgan fingerprint density at radius 2 is 2.06 bits per heavy atom. The summed E-state index contributed by atoms with van der Waals surface area (Å²) in [7, 11) is 0. The molecule has 0 heterocycles. The zero-order valence-corrected chi connectivity index (χ0v) is 10.8. The average molecular weight is 240 g/mol. The van der Waals surface area contributed by atoms with Gasteiger partial charge in [-0.3, -0.25) is 0 Å². The number of hydrogen-bond acceptors (Lipinski definition) is 3. The molecular formula is C14H24O3. The first-order valence-corrected chi connectivity index (χ1v) is 6.72. The van der Waals surface area contributed by atoms with Crippen LogP contribution in [0.15, 0.2) is 12.2 Å². The molecule has 98 valence electrons. The smallest absolute Gasteiger partial charge is 0.333 e. The highest BCUT2D eigenvalue weighted by Gasteiger charge is 2.26. The van der Waals surface area contributed by atoms with Gasteiger partial charge in [0, 0.05) is 5.57 Å². The van der Waals surface area contributed by atoms with Gasteiger partial charge in [0.2, 0.25) is 0 Å². The molecule has 0 aromatic rings. The van der Waals surface area contributed by atoms with E-state index in [9.17, 15) is 9.90 Å². The predicted octanol–water partition coefficient (Wildman–Crippen LogP) is 2.97. The van der Waals surface area contributed by atoms with Crippen molar-refractivity contribution < 1.29 is 14.6 Å². The van der Waals surface area contributed by atoms with Crippen LogP contribution in [-0.4, -0.2) is 23.3 Å². The summed E-state index contributed by atoms with van der Waals surface area (Å²) < 4.78 is 5.31. The first-order valence-electron chi connectivity index (χ1n) is 6.72. The van der Waals surface area contributed by atoms with Gasteiger partial charge in [-0.15, -0.1) is 0 Å². The molecule has 17 heavy (non-hydrogen) atoms. The number of rotatable bonds is 6. The third-order valence-corrected chi connectivity index (χ3v) is 3.30. The fourth-order valence-electron chi connectivity index (χ4n) is 2.13. The molecule has 0 aromatic heterocycles. The van der Waals surface area contributed by atoms with E-state index < -0.39 is 6.10 Å². The molecule has 2 unspecified atom stereocenters. The van der Waals surface area contributed by atoms with Crippen molar-refractivity contribution in [1.82, 2.24) is 0 Å². The van der Waals surface area contributed by atoms with Gasteiger partial charge in [-0.1, -0.05) is 32.8 Å². The molecule has 0 amide bonds. The van der Waals surface area contributed by atoms with Gasteiger partial charge in [0.05, 0.1) is 6.10 Å². The Kier molecular flexibility index (Phi) is 6.27. The SMILES string of the molecule is C=C(CCCCC)C(=O)OC1CCCCC1O. The first-order chi connectivity index (χ1) is 8.15. The molecule has 2 atom stereocenters. The van der Waals surface area contributed by atoms with Gasteiger partial charge in [-0.25, -0.2) is 4.79 Å². The number of esters is 1. The van der Waals surface area contributed by atoms with Gasteiger partial charge < -0.3 is 9.84 Å². The Hall–Kier alpha value is -0.830. The number of hydrogen-bond donors (Lipinski definition) is 1. The van der Waals surface area contributed by atoms with E-state index in [4.69, 9.17) is 4.74 Å². The lowest BCUT2D eigenvalue weighted by atomic mass is 9.95. The summed E-state index contributed by atoms with van der Waals surface area (Å²) in [5.74, 6) is -0.327. The van der Waals surface area contributed by atoms with Gasteiger partial charge in [0.1, 0.15) is 6.10 Å². The Bertz CT molecular complexity index is 260. The second-order valence-corrected chi connectivity index (χ2v) is 4.86. The van der Waals surface area contributed by atoms with Gasteiger partial charge >= 0.3 is 5.97 Å². The molecule has 1 aliphatic carbocycles. The van der Waals surface area contributed by atoms with E-state index in [2.05, 4.69) is 13.5 Å². The molecule has 0 aliphatic heterocycles. The van der Waals surface area contributed by atoms with Gasteiger partial charge in [-0.05, 0) is 32.1 Å². The topological polar surface area (TPSA) is 46.5 Å². The maximum Gasteiger partial charge on any atom is 0.333 e. The Morgan fingerprint density at radius 3 is 2.71 bits per heavy atom. The monoisotopic (exact) mass is 240 g/mol. The van der Waals surface area contributed by atoms with E-state index in [1.54, 1.807) is 0 Å². The highest BCUT2D eigenvalue weighted by molar-refractivity contribution is 5.87. The zero-order valence-electron chi connectivity index (χ0n) is 10.8. The number of aliphatic hydroxyl groups excluding tert-OH is 1. The minimum absolute atomic E-state index is 0.320. The van der Waals surface area contributed by atoms with Crippen molar-refractivity contribution in [3.8, 4) is 0 Å². The second kappa shape index (κ2) is 7.49. The molecule has 1 N–H and O–H groups in total. The van der Waals surface area contributed by atoms with Crippen LogP contribution in [0.5, 0.6) is 0 Å². The highest BCUT2D eigenvalue weighted by atomic mass is 16.6. The number of carbonyl (C=O) groups excluding carboxylic acids is 1. The molecule has 3 heteroatoms. The lowest BCUT2D eigenvalue weighted by molar-refractivity contribution is -0.152. The summed E-state index contributed by atoms with van der Waals surface area (Å²) in [6.07, 6.45) is 6.67. The molecule has 0 bridgehead atoms. The fourth-order valence-corrected chi connectivity index (χ4v) is 2.13. The van der Waals surface area contributed by atoms with Crippen LogP contribution in [-0.2, 0) is 9.53 Å². The van der Waals surface area contributed by atoms with Crippen molar-refractivity contribution in [2.45, 2.75) is 70.5 Å². The van der Waals surface area contributed by atoms with Gasteiger partial charge in [0.25, 0.3) is 0 Å². The predicted molar refractivity (Wildman–Crippen MR) is 67.6 cm³/mol. The minimum atomic E-state index is -0.490. The summed E-state index contributed by atoms with van der Waals surface area (Å²) in [5, 5.41) is 9.71. The zero-order chi connectivity index (χ0) is 12.7. The quantitative estimate of drug-likeness (QED) is 0.441. The van der Waals surface area contributed by atoms with E-state index in [1.807, 2.05) is 0 Å². The third kappa shape index (κ3) is 4.90.